The molecule has 0 amide bonds. The molecule has 0 aliphatic heterocycles. The molecule has 0 unspecified atom stereocenters. The summed E-state index contributed by atoms with van der Waals surface area (Å²) in [4.78, 5) is 12.7. The topological polar surface area (TPSA) is 22.0 Å². The van der Waals surface area contributed by atoms with Gasteiger partial charge < -0.3 is 4.57 Å². The molecule has 1 heterocycles. The van der Waals surface area contributed by atoms with E-state index >= 15 is 0 Å². The monoisotopic (exact) mass is 263 g/mol. The third-order valence-corrected chi connectivity index (χ3v) is 3.32. The number of rotatable bonds is 1. The SMILES string of the molecule is CC(C)(C)C(=O)c1cc(C(C)(C)C)cn1C(C)(C)C. The van der Waals surface area contributed by atoms with Gasteiger partial charge in [-0.3, -0.25) is 4.79 Å². The van der Waals surface area contributed by atoms with E-state index in [0.717, 1.165) is 5.69 Å². The number of Topliss-reactive ketones (excluding diaryl/α,β-unsaturated/α-hetero) is 1. The van der Waals surface area contributed by atoms with Gasteiger partial charge >= 0.3 is 0 Å². The minimum Gasteiger partial charge on any atom is -0.340 e. The van der Waals surface area contributed by atoms with Crippen LogP contribution in [0.15, 0.2) is 12.3 Å². The fourth-order valence-electron chi connectivity index (χ4n) is 1.99. The Hall–Kier alpha value is -1.05. The molecule has 2 heteroatoms. The molecule has 0 N–H and O–H groups in total. The Labute approximate surface area is 118 Å². The van der Waals surface area contributed by atoms with Gasteiger partial charge in [-0.25, -0.2) is 0 Å². The molecule has 2 nitrogen and oxygen atoms in total. The van der Waals surface area contributed by atoms with Gasteiger partial charge in [-0.15, -0.1) is 0 Å². The van der Waals surface area contributed by atoms with Crippen LogP contribution in [0.3, 0.4) is 0 Å². The smallest absolute Gasteiger partial charge is 0.184 e. The molecule has 0 spiro atoms. The second kappa shape index (κ2) is 4.50. The van der Waals surface area contributed by atoms with Crippen molar-refractivity contribution in [1.82, 2.24) is 4.57 Å². The van der Waals surface area contributed by atoms with E-state index in [1.807, 2.05) is 20.8 Å². The maximum absolute atomic E-state index is 12.7. The molecule has 0 aliphatic carbocycles. The highest BCUT2D eigenvalue weighted by atomic mass is 16.1. The van der Waals surface area contributed by atoms with E-state index in [4.69, 9.17) is 0 Å². The number of hydrogen-bond acceptors (Lipinski definition) is 1. The molecule has 0 bridgehead atoms. The zero-order valence-electron chi connectivity index (χ0n) is 14.0. The van der Waals surface area contributed by atoms with E-state index in [0.29, 0.717) is 0 Å². The van der Waals surface area contributed by atoms with Crippen LogP contribution in [0.2, 0.25) is 0 Å². The fraction of sp³-hybridized carbons (Fsp3) is 0.706. The number of ketones is 1. The first-order valence-electron chi connectivity index (χ1n) is 7.03. The Kier molecular flexibility index (Phi) is 3.79. The molecule has 0 aromatic carbocycles. The van der Waals surface area contributed by atoms with E-state index < -0.39 is 0 Å². The quantitative estimate of drug-likeness (QED) is 0.669. The second-order valence-electron chi connectivity index (χ2n) is 8.48. The Balaban J connectivity index is 3.46. The zero-order chi connectivity index (χ0) is 15.2. The summed E-state index contributed by atoms with van der Waals surface area (Å²) in [5.41, 5.74) is 1.67. The Morgan fingerprint density at radius 1 is 0.947 bits per heavy atom. The average molecular weight is 263 g/mol. The summed E-state index contributed by atoms with van der Waals surface area (Å²) in [5, 5.41) is 0. The van der Waals surface area contributed by atoms with Gasteiger partial charge in [0.15, 0.2) is 5.78 Å². The Bertz CT molecular complexity index is 473. The number of carbonyl (C=O) groups excluding carboxylic acids is 1. The number of hydrogen-bond donors (Lipinski definition) is 0. The first-order valence-corrected chi connectivity index (χ1v) is 7.03. The summed E-state index contributed by atoms with van der Waals surface area (Å²) >= 11 is 0. The summed E-state index contributed by atoms with van der Waals surface area (Å²) in [6.45, 7) is 18.9. The first-order chi connectivity index (χ1) is 8.24. The highest BCUT2D eigenvalue weighted by Gasteiger charge is 2.31. The van der Waals surface area contributed by atoms with Gasteiger partial charge in [0.2, 0.25) is 0 Å². The van der Waals surface area contributed by atoms with E-state index in [-0.39, 0.29) is 22.2 Å². The summed E-state index contributed by atoms with van der Waals surface area (Å²) in [6.07, 6.45) is 2.14. The molecule has 0 saturated heterocycles. The molecule has 108 valence electrons. The standard InChI is InChI=1S/C17H29NO/c1-15(2,3)12-10-13(14(19)16(4,5)6)18(11-12)17(7,8)9/h10-11H,1-9H3. The molecule has 1 rings (SSSR count). The van der Waals surface area contributed by atoms with Gasteiger partial charge in [-0.05, 0) is 37.8 Å². The molecule has 0 saturated carbocycles. The van der Waals surface area contributed by atoms with Crippen molar-refractivity contribution in [3.8, 4) is 0 Å². The fourth-order valence-corrected chi connectivity index (χ4v) is 1.99. The predicted octanol–water partition coefficient (Wildman–Crippen LogP) is 4.77. The normalized spacial score (nSPS) is 13.7. The molecular formula is C17H29NO. The Morgan fingerprint density at radius 3 is 1.74 bits per heavy atom. The summed E-state index contributed by atoms with van der Waals surface area (Å²) < 4.78 is 2.13. The average Bonchev–Trinajstić information content (AvgIpc) is 2.57. The lowest BCUT2D eigenvalue weighted by Crippen LogP contribution is -2.29. The zero-order valence-corrected chi connectivity index (χ0v) is 14.0. The highest BCUT2D eigenvalue weighted by molar-refractivity contribution is 5.98. The molecule has 0 aliphatic rings. The first kappa shape index (κ1) is 16.0. The summed E-state index contributed by atoms with van der Waals surface area (Å²) in [6, 6.07) is 2.07. The van der Waals surface area contributed by atoms with Crippen molar-refractivity contribution < 1.29 is 4.79 Å². The minimum absolute atomic E-state index is 0.0589. The van der Waals surface area contributed by atoms with Crippen LogP contribution in [0.1, 0.15) is 78.4 Å². The van der Waals surface area contributed by atoms with Crippen LogP contribution in [-0.2, 0) is 11.0 Å². The molecule has 1 aromatic heterocycles. The molecule has 0 fully saturated rings. The number of carbonyl (C=O) groups is 1. The van der Waals surface area contributed by atoms with Crippen molar-refractivity contribution in [2.24, 2.45) is 5.41 Å². The van der Waals surface area contributed by atoms with E-state index in [9.17, 15) is 4.79 Å². The maximum atomic E-state index is 12.7. The van der Waals surface area contributed by atoms with Crippen molar-refractivity contribution in [1.29, 1.82) is 0 Å². The lowest BCUT2D eigenvalue weighted by atomic mass is 9.86. The minimum atomic E-state index is -0.351. The van der Waals surface area contributed by atoms with Crippen molar-refractivity contribution in [2.45, 2.75) is 73.3 Å². The van der Waals surface area contributed by atoms with Crippen LogP contribution in [0.5, 0.6) is 0 Å². The van der Waals surface area contributed by atoms with Gasteiger partial charge in [0.1, 0.15) is 0 Å². The van der Waals surface area contributed by atoms with Crippen molar-refractivity contribution in [3.05, 3.63) is 23.5 Å². The molecule has 0 radical (unpaired) electrons. The highest BCUT2D eigenvalue weighted by Crippen LogP contribution is 2.31. The second-order valence-corrected chi connectivity index (χ2v) is 8.48. The van der Waals surface area contributed by atoms with E-state index in [2.05, 4.69) is 58.4 Å². The number of aromatic nitrogens is 1. The van der Waals surface area contributed by atoms with Crippen LogP contribution in [-0.4, -0.2) is 10.4 Å². The molecule has 0 atom stereocenters. The molecule has 1 aromatic rings. The van der Waals surface area contributed by atoms with Gasteiger partial charge in [-0.2, -0.15) is 0 Å². The van der Waals surface area contributed by atoms with Gasteiger partial charge in [0, 0.05) is 17.2 Å². The van der Waals surface area contributed by atoms with Crippen LogP contribution in [0.4, 0.5) is 0 Å². The van der Waals surface area contributed by atoms with Crippen LogP contribution >= 0.6 is 0 Å². The molecule has 19 heavy (non-hydrogen) atoms. The Morgan fingerprint density at radius 2 is 1.42 bits per heavy atom. The lowest BCUT2D eigenvalue weighted by molar-refractivity contribution is 0.0842. The third-order valence-electron chi connectivity index (χ3n) is 3.32. The van der Waals surface area contributed by atoms with E-state index in [1.165, 1.54) is 5.56 Å². The third kappa shape index (κ3) is 3.49. The summed E-state index contributed by atoms with van der Waals surface area (Å²) in [5.74, 6) is 0.206. The summed E-state index contributed by atoms with van der Waals surface area (Å²) in [7, 11) is 0. The number of nitrogens with zero attached hydrogens (tertiary/aromatic N) is 1. The van der Waals surface area contributed by atoms with Crippen molar-refractivity contribution in [2.75, 3.05) is 0 Å². The van der Waals surface area contributed by atoms with Crippen LogP contribution < -0.4 is 0 Å². The van der Waals surface area contributed by atoms with E-state index in [1.54, 1.807) is 0 Å². The van der Waals surface area contributed by atoms with Crippen LogP contribution in [0.25, 0.3) is 0 Å². The lowest BCUT2D eigenvalue weighted by Gasteiger charge is -2.26. The maximum Gasteiger partial charge on any atom is 0.184 e. The predicted molar refractivity (Wildman–Crippen MR) is 81.9 cm³/mol. The molecular weight excluding hydrogens is 234 g/mol. The van der Waals surface area contributed by atoms with Crippen molar-refractivity contribution >= 4 is 5.78 Å². The van der Waals surface area contributed by atoms with Gasteiger partial charge in [0.25, 0.3) is 0 Å². The van der Waals surface area contributed by atoms with Crippen molar-refractivity contribution in [3.63, 3.8) is 0 Å². The van der Waals surface area contributed by atoms with Gasteiger partial charge in [0.05, 0.1) is 5.69 Å². The van der Waals surface area contributed by atoms with Gasteiger partial charge in [-0.1, -0.05) is 41.5 Å². The largest absolute Gasteiger partial charge is 0.340 e. The van der Waals surface area contributed by atoms with Crippen LogP contribution in [0, 0.1) is 5.41 Å².